The average Bonchev–Trinajstić information content (AvgIpc) is 2.99. The first kappa shape index (κ1) is 18.4. The van der Waals surface area contributed by atoms with Gasteiger partial charge in [-0.3, -0.25) is 4.79 Å². The number of aromatic nitrogens is 2. The molecule has 7 heteroatoms. The number of carbonyl (C=O) groups excluding carboxylic acids is 1. The minimum atomic E-state index is -0.119. The number of rotatable bonds is 3. The molecule has 2 aromatic heterocycles. The quantitative estimate of drug-likeness (QED) is 0.598. The van der Waals surface area contributed by atoms with Crippen molar-refractivity contribution >= 4 is 54.9 Å². The predicted octanol–water partition coefficient (Wildman–Crippen LogP) is 5.25. The van der Waals surface area contributed by atoms with Gasteiger partial charge < -0.3 is 10.2 Å². The molecule has 3 aromatic rings. The molecular formula is C20H21BrN4OS. The molecule has 27 heavy (non-hydrogen) atoms. The van der Waals surface area contributed by atoms with E-state index >= 15 is 0 Å². The first-order chi connectivity index (χ1) is 13.0. The Labute approximate surface area is 171 Å². The second kappa shape index (κ2) is 7.56. The van der Waals surface area contributed by atoms with Gasteiger partial charge in [-0.15, -0.1) is 11.3 Å². The third kappa shape index (κ3) is 3.58. The summed E-state index contributed by atoms with van der Waals surface area (Å²) in [6.07, 6.45) is 4.00. The van der Waals surface area contributed by atoms with Gasteiger partial charge >= 0.3 is 0 Å². The number of thiophene rings is 1. The van der Waals surface area contributed by atoms with Crippen LogP contribution < -0.4 is 10.2 Å². The Bertz CT molecular complexity index is 1000. The molecule has 1 atom stereocenters. The standard InChI is InChI=1S/C20H21BrN4OS/c1-12-6-5-9-25(10-12)18-17-16(13(2)27-20(17)23-11-22-18)19(26)24-15-8-4-3-7-14(15)21/h3-4,7-8,11-12H,5-6,9-10H2,1-2H3,(H,24,26). The van der Waals surface area contributed by atoms with E-state index in [0.29, 0.717) is 11.5 Å². The lowest BCUT2D eigenvalue weighted by atomic mass is 10.00. The Hall–Kier alpha value is -1.99. The number of nitrogens with zero attached hydrogens (tertiary/aromatic N) is 3. The summed E-state index contributed by atoms with van der Waals surface area (Å²) in [6, 6.07) is 7.63. The molecule has 1 aliphatic heterocycles. The monoisotopic (exact) mass is 444 g/mol. The summed E-state index contributed by atoms with van der Waals surface area (Å²) in [4.78, 5) is 26.3. The third-order valence-corrected chi connectivity index (χ3v) is 6.65. The van der Waals surface area contributed by atoms with E-state index in [1.807, 2.05) is 31.2 Å². The topological polar surface area (TPSA) is 58.1 Å². The number of anilines is 2. The number of benzene rings is 1. The minimum Gasteiger partial charge on any atom is -0.356 e. The van der Waals surface area contributed by atoms with E-state index in [1.54, 1.807) is 17.7 Å². The predicted molar refractivity (Wildman–Crippen MR) is 115 cm³/mol. The minimum absolute atomic E-state index is 0.119. The highest BCUT2D eigenvalue weighted by atomic mass is 79.9. The SMILES string of the molecule is Cc1sc2ncnc(N3CCCC(C)C3)c2c1C(=O)Nc1ccccc1Br. The number of para-hydroxylation sites is 1. The summed E-state index contributed by atoms with van der Waals surface area (Å²) < 4.78 is 0.858. The number of amides is 1. The van der Waals surface area contributed by atoms with Crippen LogP contribution in [0.5, 0.6) is 0 Å². The number of hydrogen-bond donors (Lipinski definition) is 1. The van der Waals surface area contributed by atoms with Gasteiger partial charge in [0.2, 0.25) is 0 Å². The van der Waals surface area contributed by atoms with Crippen LogP contribution in [0.1, 0.15) is 35.0 Å². The maximum absolute atomic E-state index is 13.2. The number of nitrogens with one attached hydrogen (secondary N) is 1. The molecule has 1 fully saturated rings. The average molecular weight is 445 g/mol. The molecule has 0 spiro atoms. The lowest BCUT2D eigenvalue weighted by Gasteiger charge is -2.32. The first-order valence-corrected chi connectivity index (χ1v) is 10.7. The van der Waals surface area contributed by atoms with Crippen molar-refractivity contribution in [3.8, 4) is 0 Å². The Balaban J connectivity index is 1.77. The summed E-state index contributed by atoms with van der Waals surface area (Å²) in [5, 5.41) is 3.91. The zero-order chi connectivity index (χ0) is 19.0. The molecule has 1 N–H and O–H groups in total. The van der Waals surface area contributed by atoms with E-state index < -0.39 is 0 Å². The fourth-order valence-electron chi connectivity index (χ4n) is 3.67. The second-order valence-corrected chi connectivity index (χ2v) is 9.10. The summed E-state index contributed by atoms with van der Waals surface area (Å²) in [6.45, 7) is 6.18. The van der Waals surface area contributed by atoms with Crippen molar-refractivity contribution in [2.75, 3.05) is 23.3 Å². The van der Waals surface area contributed by atoms with Crippen LogP contribution in [0, 0.1) is 12.8 Å². The molecule has 140 valence electrons. The maximum atomic E-state index is 13.2. The van der Waals surface area contributed by atoms with Crippen molar-refractivity contribution in [1.82, 2.24) is 9.97 Å². The van der Waals surface area contributed by atoms with Crippen molar-refractivity contribution in [3.05, 3.63) is 45.5 Å². The van der Waals surface area contributed by atoms with E-state index in [0.717, 1.165) is 50.6 Å². The van der Waals surface area contributed by atoms with Crippen molar-refractivity contribution in [2.24, 2.45) is 5.92 Å². The highest BCUT2D eigenvalue weighted by Gasteiger charge is 2.26. The number of aryl methyl sites for hydroxylation is 1. The molecule has 3 heterocycles. The number of halogens is 1. The molecule has 1 saturated heterocycles. The van der Waals surface area contributed by atoms with E-state index in [-0.39, 0.29) is 5.91 Å². The number of hydrogen-bond acceptors (Lipinski definition) is 5. The third-order valence-electron chi connectivity index (χ3n) is 4.95. The van der Waals surface area contributed by atoms with E-state index in [2.05, 4.69) is 43.0 Å². The fraction of sp³-hybridized carbons (Fsp3) is 0.350. The van der Waals surface area contributed by atoms with E-state index in [1.165, 1.54) is 6.42 Å². The highest BCUT2D eigenvalue weighted by molar-refractivity contribution is 9.10. The smallest absolute Gasteiger partial charge is 0.257 e. The van der Waals surface area contributed by atoms with Gasteiger partial charge in [-0.05, 0) is 53.7 Å². The van der Waals surface area contributed by atoms with Crippen LogP contribution in [0.3, 0.4) is 0 Å². The molecule has 1 aliphatic rings. The van der Waals surface area contributed by atoms with Crippen LogP contribution in [-0.4, -0.2) is 29.0 Å². The largest absolute Gasteiger partial charge is 0.356 e. The number of piperidine rings is 1. The summed E-state index contributed by atoms with van der Waals surface area (Å²) in [7, 11) is 0. The van der Waals surface area contributed by atoms with Crippen LogP contribution in [0.2, 0.25) is 0 Å². The fourth-order valence-corrected chi connectivity index (χ4v) is 5.04. The van der Waals surface area contributed by atoms with Crippen molar-refractivity contribution in [3.63, 3.8) is 0 Å². The lowest BCUT2D eigenvalue weighted by molar-refractivity contribution is 0.102. The molecule has 1 aromatic carbocycles. The molecule has 5 nitrogen and oxygen atoms in total. The first-order valence-electron chi connectivity index (χ1n) is 9.09. The van der Waals surface area contributed by atoms with E-state index in [9.17, 15) is 4.79 Å². The molecular weight excluding hydrogens is 424 g/mol. The molecule has 0 aliphatic carbocycles. The molecule has 1 unspecified atom stereocenters. The number of fused-ring (bicyclic) bond motifs is 1. The Morgan fingerprint density at radius 3 is 2.93 bits per heavy atom. The van der Waals surface area contributed by atoms with Gasteiger partial charge in [-0.25, -0.2) is 9.97 Å². The highest BCUT2D eigenvalue weighted by Crippen LogP contribution is 2.37. The summed E-state index contributed by atoms with van der Waals surface area (Å²) in [5.74, 6) is 1.39. The van der Waals surface area contributed by atoms with Crippen LogP contribution in [0.25, 0.3) is 10.2 Å². The summed E-state index contributed by atoms with van der Waals surface area (Å²) >= 11 is 5.05. The molecule has 0 radical (unpaired) electrons. The molecule has 0 bridgehead atoms. The zero-order valence-corrected chi connectivity index (χ0v) is 17.7. The lowest BCUT2D eigenvalue weighted by Crippen LogP contribution is -2.35. The molecule has 4 rings (SSSR count). The van der Waals surface area contributed by atoms with Crippen molar-refractivity contribution in [1.29, 1.82) is 0 Å². The van der Waals surface area contributed by atoms with Crippen LogP contribution >= 0.6 is 27.3 Å². The Kier molecular flexibility index (Phi) is 5.14. The van der Waals surface area contributed by atoms with Gasteiger partial charge in [0.05, 0.1) is 16.6 Å². The molecule has 1 amide bonds. The Morgan fingerprint density at radius 2 is 2.15 bits per heavy atom. The van der Waals surface area contributed by atoms with Gasteiger partial charge in [0.15, 0.2) is 0 Å². The zero-order valence-electron chi connectivity index (χ0n) is 15.3. The maximum Gasteiger partial charge on any atom is 0.257 e. The van der Waals surface area contributed by atoms with Gasteiger partial charge in [0, 0.05) is 22.4 Å². The van der Waals surface area contributed by atoms with Crippen LogP contribution in [0.15, 0.2) is 35.1 Å². The van der Waals surface area contributed by atoms with Crippen LogP contribution in [0.4, 0.5) is 11.5 Å². The van der Waals surface area contributed by atoms with Crippen molar-refractivity contribution in [2.45, 2.75) is 26.7 Å². The second-order valence-electron chi connectivity index (χ2n) is 7.04. The summed E-state index contributed by atoms with van der Waals surface area (Å²) in [5.41, 5.74) is 1.44. The normalized spacial score (nSPS) is 17.3. The van der Waals surface area contributed by atoms with Crippen LogP contribution in [-0.2, 0) is 0 Å². The molecule has 0 saturated carbocycles. The Morgan fingerprint density at radius 1 is 1.33 bits per heavy atom. The van der Waals surface area contributed by atoms with Gasteiger partial charge in [0.25, 0.3) is 5.91 Å². The van der Waals surface area contributed by atoms with Gasteiger partial charge in [0.1, 0.15) is 17.0 Å². The van der Waals surface area contributed by atoms with Gasteiger partial charge in [-0.1, -0.05) is 19.1 Å². The van der Waals surface area contributed by atoms with Gasteiger partial charge in [-0.2, -0.15) is 0 Å². The van der Waals surface area contributed by atoms with Crippen molar-refractivity contribution < 1.29 is 4.79 Å². The number of carbonyl (C=O) groups is 1. The van der Waals surface area contributed by atoms with E-state index in [4.69, 9.17) is 0 Å².